The first kappa shape index (κ1) is 37.1. The number of ether oxygens (including phenoxy) is 4. The van der Waals surface area contributed by atoms with Crippen LogP contribution < -0.4 is 9.47 Å². The summed E-state index contributed by atoms with van der Waals surface area (Å²) in [7, 11) is -4.26. The van der Waals surface area contributed by atoms with Gasteiger partial charge in [-0.3, -0.25) is 14.5 Å². The summed E-state index contributed by atoms with van der Waals surface area (Å²) in [6.07, 6.45) is 3.65. The van der Waals surface area contributed by atoms with Gasteiger partial charge in [0.05, 0.1) is 51.4 Å². The number of halogens is 1. The molecule has 2 amide bonds. The van der Waals surface area contributed by atoms with Crippen LogP contribution in [0.1, 0.15) is 23.1 Å². The van der Waals surface area contributed by atoms with E-state index in [0.29, 0.717) is 13.0 Å². The number of likely N-dealkylation sites (tertiary alicyclic amines) is 1. The van der Waals surface area contributed by atoms with E-state index in [2.05, 4.69) is 0 Å². The van der Waals surface area contributed by atoms with Crippen LogP contribution in [0.2, 0.25) is 0 Å². The minimum absolute atomic E-state index is 0.00796. The number of amides is 2. The second-order valence-corrected chi connectivity index (χ2v) is 16.5. The second-order valence-electron chi connectivity index (χ2n) is 14.6. The lowest BCUT2D eigenvalue weighted by atomic mass is 9.85. The molecule has 0 aromatic heterocycles. The summed E-state index contributed by atoms with van der Waals surface area (Å²) < 4.78 is 69.5. The molecule has 4 aliphatic rings. The lowest BCUT2D eigenvalue weighted by molar-refractivity contribution is -0.142. The van der Waals surface area contributed by atoms with Crippen molar-refractivity contribution in [2.75, 3.05) is 32.8 Å². The fourth-order valence-corrected chi connectivity index (χ4v) is 9.92. The highest BCUT2D eigenvalue weighted by Crippen LogP contribution is 2.52. The molecule has 1 saturated heterocycles. The quantitative estimate of drug-likeness (QED) is 0.110. The Bertz CT molecular complexity index is 2100. The zero-order valence-electron chi connectivity index (χ0n) is 30.2. The Kier molecular flexibility index (Phi) is 10.8. The van der Waals surface area contributed by atoms with Crippen molar-refractivity contribution in [3.05, 3.63) is 138 Å². The van der Waals surface area contributed by atoms with Crippen molar-refractivity contribution >= 4 is 21.8 Å². The zero-order valence-corrected chi connectivity index (χ0v) is 31.1. The number of carbonyl (C=O) groups is 2. The van der Waals surface area contributed by atoms with E-state index in [0.717, 1.165) is 23.1 Å². The van der Waals surface area contributed by atoms with Gasteiger partial charge in [-0.25, -0.2) is 12.8 Å². The van der Waals surface area contributed by atoms with E-state index in [4.69, 9.17) is 18.9 Å². The molecule has 0 N–H and O–H groups in total. The highest BCUT2D eigenvalue weighted by Gasteiger charge is 2.59. The van der Waals surface area contributed by atoms with Crippen molar-refractivity contribution in [1.29, 1.82) is 0 Å². The van der Waals surface area contributed by atoms with Crippen LogP contribution in [-0.4, -0.2) is 74.5 Å². The van der Waals surface area contributed by atoms with Gasteiger partial charge in [-0.1, -0.05) is 91.0 Å². The van der Waals surface area contributed by atoms with Crippen LogP contribution in [0.4, 0.5) is 4.39 Å². The fraction of sp³-hybridized carbons (Fsp3) is 0.349. The summed E-state index contributed by atoms with van der Waals surface area (Å²) in [6.45, 7) is 0.617. The molecule has 2 heterocycles. The third kappa shape index (κ3) is 7.95. The Morgan fingerprint density at radius 1 is 0.764 bits per heavy atom. The van der Waals surface area contributed by atoms with E-state index in [1.165, 1.54) is 21.3 Å². The van der Waals surface area contributed by atoms with Crippen molar-refractivity contribution in [3.63, 3.8) is 0 Å². The van der Waals surface area contributed by atoms with Gasteiger partial charge in [0.2, 0.25) is 11.8 Å². The largest absolute Gasteiger partial charge is 0.485 e. The SMILES string of the molecule is O=C1[C@@H]2[C@H](C(=O)N1C[C@@H](COCc1ccccc1)Oc1cccc3c1S(=O)(=O)N(CCc1ccc(F)cc1)C[C@H](COCc1ccccc1)O3)[C@@H]1C=C[C@H]2C1. The number of benzene rings is 4. The average molecular weight is 767 g/mol. The van der Waals surface area contributed by atoms with E-state index >= 15 is 0 Å². The molecule has 1 saturated carbocycles. The van der Waals surface area contributed by atoms with Crippen LogP contribution in [0, 0.1) is 29.5 Å². The standard InChI is InChI=1S/C43H43FN2O8S/c44-34-18-14-29(15-19-34)20-21-45-23-35(27-51-25-30-8-3-1-4-9-30)53-37-12-7-13-38(41(37)55(45,49)50)54-36(28-52-26-31-10-5-2-6-11-31)24-46-42(47)39-32-16-17-33(22-32)40(39)43(46)48/h1-19,32-33,35-36,39-40H,20-28H2/t32-,33+,35-,36+,39-,40+/m1/s1. The molecule has 0 spiro atoms. The van der Waals surface area contributed by atoms with Gasteiger partial charge < -0.3 is 18.9 Å². The highest BCUT2D eigenvalue weighted by atomic mass is 32.2. The number of hydrogen-bond donors (Lipinski definition) is 0. The molecule has 10 nitrogen and oxygen atoms in total. The molecule has 2 aliphatic heterocycles. The van der Waals surface area contributed by atoms with E-state index in [1.54, 1.807) is 30.3 Å². The lowest BCUT2D eigenvalue weighted by Crippen LogP contribution is -2.43. The minimum atomic E-state index is -4.26. The molecule has 286 valence electrons. The molecule has 2 bridgehead atoms. The van der Waals surface area contributed by atoms with Crippen LogP contribution >= 0.6 is 0 Å². The summed E-state index contributed by atoms with van der Waals surface area (Å²) in [5.41, 5.74) is 2.66. The number of rotatable bonds is 15. The van der Waals surface area contributed by atoms with Crippen molar-refractivity contribution in [3.8, 4) is 11.5 Å². The third-order valence-corrected chi connectivity index (χ3v) is 12.8. The van der Waals surface area contributed by atoms with Gasteiger partial charge >= 0.3 is 0 Å². The Hall–Kier alpha value is -4.88. The van der Waals surface area contributed by atoms with E-state index < -0.39 is 22.2 Å². The maximum absolute atomic E-state index is 14.7. The van der Waals surface area contributed by atoms with Crippen molar-refractivity contribution < 1.29 is 41.3 Å². The number of fused-ring (bicyclic) bond motifs is 6. The number of allylic oxidation sites excluding steroid dienone is 2. The van der Waals surface area contributed by atoms with E-state index in [-0.39, 0.29) is 97.2 Å². The van der Waals surface area contributed by atoms with Crippen LogP contribution in [0.3, 0.4) is 0 Å². The summed E-state index contributed by atoms with van der Waals surface area (Å²) in [5.74, 6) is -1.39. The van der Waals surface area contributed by atoms with Gasteiger partial charge in [-0.05, 0) is 65.6 Å². The first-order valence-electron chi connectivity index (χ1n) is 18.7. The van der Waals surface area contributed by atoms with Gasteiger partial charge in [0.1, 0.15) is 29.5 Å². The van der Waals surface area contributed by atoms with Crippen molar-refractivity contribution in [2.45, 2.75) is 43.2 Å². The molecular formula is C43H43FN2O8S. The number of sulfonamides is 1. The predicted octanol–water partition coefficient (Wildman–Crippen LogP) is 5.81. The molecule has 2 fully saturated rings. The first-order chi connectivity index (χ1) is 26.7. The maximum Gasteiger partial charge on any atom is 0.250 e. The Labute approximate surface area is 320 Å². The molecular weight excluding hydrogens is 724 g/mol. The van der Waals surface area contributed by atoms with Crippen LogP contribution in [0.25, 0.3) is 0 Å². The third-order valence-electron chi connectivity index (χ3n) is 10.9. The monoisotopic (exact) mass is 766 g/mol. The lowest BCUT2D eigenvalue weighted by Gasteiger charge is -2.27. The Morgan fingerprint density at radius 3 is 2.05 bits per heavy atom. The zero-order chi connectivity index (χ0) is 37.9. The number of imide groups is 1. The molecule has 4 aromatic carbocycles. The molecule has 0 unspecified atom stereocenters. The molecule has 0 radical (unpaired) electrons. The minimum Gasteiger partial charge on any atom is -0.485 e. The fourth-order valence-electron chi connectivity index (χ4n) is 8.23. The Morgan fingerprint density at radius 2 is 1.40 bits per heavy atom. The van der Waals surface area contributed by atoms with Crippen LogP contribution in [0.5, 0.6) is 11.5 Å². The number of nitrogens with zero attached hydrogens (tertiary/aromatic N) is 2. The number of carbonyl (C=O) groups excluding carboxylic acids is 2. The van der Waals surface area contributed by atoms with Gasteiger partial charge in [0.15, 0.2) is 4.90 Å². The van der Waals surface area contributed by atoms with Gasteiger partial charge in [-0.15, -0.1) is 0 Å². The van der Waals surface area contributed by atoms with Gasteiger partial charge in [0.25, 0.3) is 10.0 Å². The molecule has 8 rings (SSSR count). The molecule has 55 heavy (non-hydrogen) atoms. The number of hydrogen-bond acceptors (Lipinski definition) is 8. The van der Waals surface area contributed by atoms with Crippen molar-refractivity contribution in [1.82, 2.24) is 9.21 Å². The summed E-state index contributed by atoms with van der Waals surface area (Å²) in [6, 6.07) is 30.0. The van der Waals surface area contributed by atoms with Gasteiger partial charge in [-0.2, -0.15) is 4.31 Å². The topological polar surface area (TPSA) is 112 Å². The molecule has 4 aromatic rings. The highest BCUT2D eigenvalue weighted by molar-refractivity contribution is 7.89. The molecule has 2 aliphatic carbocycles. The normalized spacial score (nSPS) is 24.3. The van der Waals surface area contributed by atoms with Crippen LogP contribution in [0.15, 0.2) is 120 Å². The van der Waals surface area contributed by atoms with E-state index in [9.17, 15) is 22.4 Å². The van der Waals surface area contributed by atoms with Crippen molar-refractivity contribution in [2.24, 2.45) is 23.7 Å². The average Bonchev–Trinajstić information content (AvgIpc) is 3.86. The summed E-state index contributed by atoms with van der Waals surface area (Å²) in [4.78, 5) is 28.6. The van der Waals surface area contributed by atoms with E-state index in [1.807, 2.05) is 72.8 Å². The second kappa shape index (κ2) is 16.1. The molecule has 12 heteroatoms. The summed E-state index contributed by atoms with van der Waals surface area (Å²) in [5, 5.41) is 0. The predicted molar refractivity (Wildman–Crippen MR) is 201 cm³/mol. The van der Waals surface area contributed by atoms with Gasteiger partial charge in [0, 0.05) is 6.54 Å². The Balaban J connectivity index is 1.07. The maximum atomic E-state index is 14.7. The smallest absolute Gasteiger partial charge is 0.250 e. The molecule has 6 atom stereocenters. The summed E-state index contributed by atoms with van der Waals surface area (Å²) >= 11 is 0. The first-order valence-corrected chi connectivity index (χ1v) is 20.2. The van der Waals surface area contributed by atoms with Crippen LogP contribution in [-0.2, 0) is 48.7 Å².